The lowest BCUT2D eigenvalue weighted by Crippen LogP contribution is -2.08. The minimum atomic E-state index is 0.814. The van der Waals surface area contributed by atoms with E-state index in [-0.39, 0.29) is 0 Å². The summed E-state index contributed by atoms with van der Waals surface area (Å²) < 4.78 is 1.17. The van der Waals surface area contributed by atoms with Crippen molar-refractivity contribution < 1.29 is 0 Å². The van der Waals surface area contributed by atoms with E-state index in [4.69, 9.17) is 0 Å². The van der Waals surface area contributed by atoms with Gasteiger partial charge in [-0.3, -0.25) is 5.43 Å². The van der Waals surface area contributed by atoms with Gasteiger partial charge in [0, 0.05) is 14.1 Å². The summed E-state index contributed by atoms with van der Waals surface area (Å²) in [6.07, 6.45) is 1.70. The molecule has 0 aliphatic heterocycles. The molecular weight excluding hydrogens is 208 g/mol. The number of hydrogen-bond acceptors (Lipinski definition) is 4. The highest BCUT2D eigenvalue weighted by atomic mass is 32.1. The second-order valence-corrected chi connectivity index (χ2v) is 4.34. The van der Waals surface area contributed by atoms with Crippen molar-refractivity contribution in [2.45, 2.75) is 0 Å². The van der Waals surface area contributed by atoms with Gasteiger partial charge in [0.15, 0.2) is 0 Å². The van der Waals surface area contributed by atoms with Crippen molar-refractivity contribution in [3.63, 3.8) is 0 Å². The first-order valence-electron chi connectivity index (χ1n) is 4.57. The lowest BCUT2D eigenvalue weighted by atomic mass is 10.3. The molecule has 0 saturated heterocycles. The number of fused-ring (bicyclic) bond motifs is 1. The summed E-state index contributed by atoms with van der Waals surface area (Å²) in [4.78, 5) is 6.25. The van der Waals surface area contributed by atoms with Gasteiger partial charge in [-0.25, -0.2) is 4.98 Å². The van der Waals surface area contributed by atoms with E-state index in [1.54, 1.807) is 17.7 Å². The van der Waals surface area contributed by atoms with Crippen molar-refractivity contribution in [2.75, 3.05) is 19.5 Å². The molecule has 1 N–H and O–H groups in total. The Balaban J connectivity index is 2.15. The third kappa shape index (κ3) is 2.44. The van der Waals surface area contributed by atoms with E-state index in [1.807, 2.05) is 43.3 Å². The summed E-state index contributed by atoms with van der Waals surface area (Å²) >= 11 is 1.59. The van der Waals surface area contributed by atoms with Crippen molar-refractivity contribution in [3.05, 3.63) is 24.3 Å². The summed E-state index contributed by atoms with van der Waals surface area (Å²) in [7, 11) is 3.84. The number of para-hydroxylation sites is 1. The largest absolute Gasteiger partial charge is 0.367 e. The molecular formula is C10H12N4S. The van der Waals surface area contributed by atoms with Crippen molar-refractivity contribution >= 4 is 33.0 Å². The monoisotopic (exact) mass is 220 g/mol. The van der Waals surface area contributed by atoms with Crippen LogP contribution in [-0.2, 0) is 0 Å². The first kappa shape index (κ1) is 9.92. The van der Waals surface area contributed by atoms with E-state index < -0.39 is 0 Å². The number of hydrogen-bond donors (Lipinski definition) is 1. The second-order valence-electron chi connectivity index (χ2n) is 3.31. The van der Waals surface area contributed by atoms with Crippen LogP contribution in [-0.4, -0.2) is 30.3 Å². The summed E-state index contributed by atoms with van der Waals surface area (Å²) in [5.41, 5.74) is 3.91. The second kappa shape index (κ2) is 4.27. The number of rotatable bonds is 3. The van der Waals surface area contributed by atoms with Crippen LogP contribution in [0.25, 0.3) is 10.2 Å². The molecule has 0 bridgehead atoms. The van der Waals surface area contributed by atoms with Crippen LogP contribution in [0.2, 0.25) is 0 Å². The number of anilines is 1. The first-order chi connectivity index (χ1) is 7.25. The lowest BCUT2D eigenvalue weighted by Gasteiger charge is -2.01. The molecule has 0 aliphatic carbocycles. The topological polar surface area (TPSA) is 40.5 Å². The highest BCUT2D eigenvalue weighted by Crippen LogP contribution is 2.24. The molecule has 0 fully saturated rings. The van der Waals surface area contributed by atoms with Crippen molar-refractivity contribution in [1.29, 1.82) is 0 Å². The molecule has 5 heteroatoms. The van der Waals surface area contributed by atoms with Crippen LogP contribution in [0.15, 0.2) is 29.4 Å². The molecule has 78 valence electrons. The van der Waals surface area contributed by atoms with Crippen LogP contribution in [0.3, 0.4) is 0 Å². The zero-order chi connectivity index (χ0) is 10.7. The van der Waals surface area contributed by atoms with Crippen LogP contribution in [0, 0.1) is 0 Å². The first-order valence-corrected chi connectivity index (χ1v) is 5.38. The van der Waals surface area contributed by atoms with E-state index in [0.29, 0.717) is 0 Å². The van der Waals surface area contributed by atoms with Gasteiger partial charge in [-0.1, -0.05) is 23.5 Å². The number of nitrogens with zero attached hydrogens (tertiary/aromatic N) is 3. The smallest absolute Gasteiger partial charge is 0.204 e. The fourth-order valence-electron chi connectivity index (χ4n) is 1.12. The normalized spacial score (nSPS) is 11.1. The van der Waals surface area contributed by atoms with Gasteiger partial charge < -0.3 is 4.90 Å². The Morgan fingerprint density at radius 2 is 2.20 bits per heavy atom. The Morgan fingerprint density at radius 3 is 2.93 bits per heavy atom. The maximum absolute atomic E-state index is 4.38. The number of nitrogens with one attached hydrogen (secondary N) is 1. The fourth-order valence-corrected chi connectivity index (χ4v) is 1.94. The molecule has 0 unspecified atom stereocenters. The molecule has 1 heterocycles. The Kier molecular flexibility index (Phi) is 2.82. The third-order valence-corrected chi connectivity index (χ3v) is 2.68. The number of hydrazone groups is 1. The SMILES string of the molecule is CN(C)/C=N\Nc1nc2ccccc2s1. The minimum Gasteiger partial charge on any atom is -0.367 e. The Bertz CT molecular complexity index is 442. The van der Waals surface area contributed by atoms with Gasteiger partial charge >= 0.3 is 0 Å². The average molecular weight is 220 g/mol. The van der Waals surface area contributed by atoms with Crippen LogP contribution in [0.5, 0.6) is 0 Å². The Hall–Kier alpha value is -1.62. The molecule has 15 heavy (non-hydrogen) atoms. The van der Waals surface area contributed by atoms with Crippen LogP contribution >= 0.6 is 11.3 Å². The predicted octanol–water partition coefficient (Wildman–Crippen LogP) is 2.21. The molecule has 0 aliphatic rings. The van der Waals surface area contributed by atoms with Crippen molar-refractivity contribution in [1.82, 2.24) is 9.88 Å². The van der Waals surface area contributed by atoms with Gasteiger partial charge in [0.25, 0.3) is 0 Å². The Morgan fingerprint density at radius 1 is 1.40 bits per heavy atom. The molecule has 1 aromatic heterocycles. The van der Waals surface area contributed by atoms with E-state index in [2.05, 4.69) is 15.5 Å². The predicted molar refractivity (Wildman–Crippen MR) is 65.4 cm³/mol. The molecule has 2 aromatic rings. The van der Waals surface area contributed by atoms with Gasteiger partial charge in [0.1, 0.15) is 6.34 Å². The lowest BCUT2D eigenvalue weighted by molar-refractivity contribution is 0.641. The summed E-state index contributed by atoms with van der Waals surface area (Å²) in [5.74, 6) is 0. The quantitative estimate of drug-likeness (QED) is 0.490. The van der Waals surface area contributed by atoms with Crippen molar-refractivity contribution in [3.8, 4) is 0 Å². The van der Waals surface area contributed by atoms with Gasteiger partial charge in [0.05, 0.1) is 10.2 Å². The zero-order valence-corrected chi connectivity index (χ0v) is 9.45. The molecule has 0 radical (unpaired) electrons. The van der Waals surface area contributed by atoms with Crippen molar-refractivity contribution in [2.24, 2.45) is 5.10 Å². The summed E-state index contributed by atoms with van der Waals surface area (Å²) in [6.45, 7) is 0. The van der Waals surface area contributed by atoms with E-state index in [9.17, 15) is 0 Å². The number of benzene rings is 1. The van der Waals surface area contributed by atoms with Crippen LogP contribution in [0.4, 0.5) is 5.13 Å². The molecule has 2 rings (SSSR count). The Labute approximate surface area is 92.2 Å². The van der Waals surface area contributed by atoms with Gasteiger partial charge in [-0.05, 0) is 12.1 Å². The van der Waals surface area contributed by atoms with E-state index >= 15 is 0 Å². The summed E-state index contributed by atoms with van der Waals surface area (Å²) in [5, 5.41) is 4.85. The van der Waals surface area contributed by atoms with E-state index in [1.165, 1.54) is 4.70 Å². The molecule has 0 spiro atoms. The van der Waals surface area contributed by atoms with E-state index in [0.717, 1.165) is 10.6 Å². The standard InChI is InChI=1S/C10H12N4S/c1-14(2)7-11-13-10-12-8-5-3-4-6-9(8)15-10/h3-7H,1-2H3,(H,12,13)/b11-7-. The fraction of sp³-hybridized carbons (Fsp3) is 0.200. The molecule has 1 aromatic carbocycles. The minimum absolute atomic E-state index is 0.814. The zero-order valence-electron chi connectivity index (χ0n) is 8.64. The van der Waals surface area contributed by atoms with Gasteiger partial charge in [0.2, 0.25) is 5.13 Å². The summed E-state index contributed by atoms with van der Waals surface area (Å²) in [6, 6.07) is 8.03. The highest BCUT2D eigenvalue weighted by molar-refractivity contribution is 7.22. The number of thiazole rings is 1. The maximum Gasteiger partial charge on any atom is 0.204 e. The maximum atomic E-state index is 4.38. The molecule has 0 saturated carbocycles. The number of aromatic nitrogens is 1. The molecule has 0 atom stereocenters. The average Bonchev–Trinajstić information content (AvgIpc) is 2.59. The molecule has 0 amide bonds. The van der Waals surface area contributed by atoms with Crippen LogP contribution < -0.4 is 5.43 Å². The molecule has 4 nitrogen and oxygen atoms in total. The highest BCUT2D eigenvalue weighted by Gasteiger charge is 2.00. The van der Waals surface area contributed by atoms with Gasteiger partial charge in [-0.15, -0.1) is 0 Å². The third-order valence-electron chi connectivity index (χ3n) is 1.74. The van der Waals surface area contributed by atoms with Gasteiger partial charge in [-0.2, -0.15) is 5.10 Å². The van der Waals surface area contributed by atoms with Crippen LogP contribution in [0.1, 0.15) is 0 Å².